The highest BCUT2D eigenvalue weighted by molar-refractivity contribution is 6.31. The van der Waals surface area contributed by atoms with Gasteiger partial charge in [-0.1, -0.05) is 35.4 Å². The lowest BCUT2D eigenvalue weighted by molar-refractivity contribution is -0.122. The average Bonchev–Trinajstić information content (AvgIpc) is 2.73. The van der Waals surface area contributed by atoms with Crippen molar-refractivity contribution in [2.75, 3.05) is 10.6 Å². The summed E-state index contributed by atoms with van der Waals surface area (Å²) in [5.41, 5.74) is 3.77. The van der Waals surface area contributed by atoms with Crippen LogP contribution in [0.4, 0.5) is 11.4 Å². The van der Waals surface area contributed by atoms with Gasteiger partial charge in [-0.25, -0.2) is 0 Å². The van der Waals surface area contributed by atoms with Gasteiger partial charge in [-0.15, -0.1) is 0 Å². The lowest BCUT2D eigenvalue weighted by Crippen LogP contribution is -2.30. The molecule has 2 amide bonds. The van der Waals surface area contributed by atoms with Crippen molar-refractivity contribution in [2.24, 2.45) is 0 Å². The Labute approximate surface area is 181 Å². The van der Waals surface area contributed by atoms with E-state index in [1.54, 1.807) is 49.4 Å². The monoisotopic (exact) mass is 422 g/mol. The first-order valence-electron chi connectivity index (χ1n) is 9.54. The number of hydrogen-bond donors (Lipinski definition) is 2. The highest BCUT2D eigenvalue weighted by atomic mass is 35.5. The van der Waals surface area contributed by atoms with Crippen LogP contribution in [0.2, 0.25) is 5.02 Å². The maximum Gasteiger partial charge on any atom is 0.265 e. The number of hydrogen-bond acceptors (Lipinski definition) is 3. The van der Waals surface area contributed by atoms with Crippen LogP contribution < -0.4 is 15.4 Å². The smallest absolute Gasteiger partial charge is 0.265 e. The Balaban J connectivity index is 1.59. The third-order valence-corrected chi connectivity index (χ3v) is 5.04. The van der Waals surface area contributed by atoms with E-state index in [0.29, 0.717) is 27.7 Å². The second kappa shape index (κ2) is 9.46. The summed E-state index contributed by atoms with van der Waals surface area (Å²) in [4.78, 5) is 24.8. The lowest BCUT2D eigenvalue weighted by atomic mass is 10.1. The molecule has 0 saturated carbocycles. The second-order valence-corrected chi connectivity index (χ2v) is 7.41. The van der Waals surface area contributed by atoms with E-state index in [1.165, 1.54) is 0 Å². The van der Waals surface area contributed by atoms with E-state index in [9.17, 15) is 9.59 Å². The molecular weight excluding hydrogens is 400 g/mol. The van der Waals surface area contributed by atoms with Crippen LogP contribution in [0.15, 0.2) is 66.7 Å². The fourth-order valence-electron chi connectivity index (χ4n) is 2.76. The Morgan fingerprint density at radius 1 is 0.900 bits per heavy atom. The predicted molar refractivity (Wildman–Crippen MR) is 120 cm³/mol. The Hall–Kier alpha value is -3.31. The van der Waals surface area contributed by atoms with Gasteiger partial charge in [0.05, 0.1) is 0 Å². The average molecular weight is 423 g/mol. The van der Waals surface area contributed by atoms with Crippen LogP contribution in [0.5, 0.6) is 5.75 Å². The minimum atomic E-state index is -0.694. The van der Waals surface area contributed by atoms with Gasteiger partial charge < -0.3 is 15.4 Å². The predicted octanol–water partition coefficient (Wildman–Crippen LogP) is 5.62. The molecule has 3 aromatic carbocycles. The van der Waals surface area contributed by atoms with Gasteiger partial charge in [0.15, 0.2) is 6.10 Å². The first-order valence-corrected chi connectivity index (χ1v) is 9.92. The summed E-state index contributed by atoms with van der Waals surface area (Å²) in [5, 5.41) is 6.26. The second-order valence-electron chi connectivity index (χ2n) is 7.01. The molecule has 3 aromatic rings. The number of aryl methyl sites for hydroxylation is 1. The number of carbonyl (C=O) groups excluding carboxylic acids is 2. The van der Waals surface area contributed by atoms with Crippen LogP contribution in [0.1, 0.15) is 28.4 Å². The first kappa shape index (κ1) is 21.4. The Bertz CT molecular complexity index is 1050. The highest BCUT2D eigenvalue weighted by Gasteiger charge is 2.15. The highest BCUT2D eigenvalue weighted by Crippen LogP contribution is 2.24. The van der Waals surface area contributed by atoms with Crippen molar-refractivity contribution in [3.8, 4) is 5.75 Å². The third kappa shape index (κ3) is 5.39. The molecule has 6 heteroatoms. The van der Waals surface area contributed by atoms with Gasteiger partial charge in [0.2, 0.25) is 0 Å². The number of rotatable bonds is 6. The molecule has 30 heavy (non-hydrogen) atoms. The van der Waals surface area contributed by atoms with Crippen LogP contribution >= 0.6 is 11.6 Å². The SMILES string of the molecule is Cc1ccc(NC(=O)[C@H](C)Oc2ccc(C(=O)Nc3cccc(Cl)c3C)cc2)cc1. The minimum absolute atomic E-state index is 0.253. The van der Waals surface area contributed by atoms with Crippen LogP contribution in [0.3, 0.4) is 0 Å². The van der Waals surface area contributed by atoms with Gasteiger partial charge in [-0.05, 0) is 74.9 Å². The van der Waals surface area contributed by atoms with Gasteiger partial charge in [0, 0.05) is 22.0 Å². The number of carbonyl (C=O) groups is 2. The molecule has 154 valence electrons. The molecule has 0 aliphatic rings. The van der Waals surface area contributed by atoms with Crippen LogP contribution in [0.25, 0.3) is 0 Å². The van der Waals surface area contributed by atoms with Crippen molar-refractivity contribution in [2.45, 2.75) is 26.9 Å². The molecule has 0 aliphatic heterocycles. The van der Waals surface area contributed by atoms with E-state index in [0.717, 1.165) is 11.1 Å². The van der Waals surface area contributed by atoms with Crippen molar-refractivity contribution >= 4 is 34.8 Å². The van der Waals surface area contributed by atoms with Gasteiger partial charge in [0.25, 0.3) is 11.8 Å². The Morgan fingerprint density at radius 3 is 2.23 bits per heavy atom. The van der Waals surface area contributed by atoms with E-state index < -0.39 is 6.10 Å². The molecule has 2 N–H and O–H groups in total. The van der Waals surface area contributed by atoms with Crippen LogP contribution in [-0.2, 0) is 4.79 Å². The summed E-state index contributed by atoms with van der Waals surface area (Å²) in [6.45, 7) is 5.50. The third-order valence-electron chi connectivity index (χ3n) is 4.63. The van der Waals surface area contributed by atoms with Gasteiger partial charge in [-0.2, -0.15) is 0 Å². The van der Waals surface area contributed by atoms with Crippen molar-refractivity contribution in [3.05, 3.63) is 88.4 Å². The topological polar surface area (TPSA) is 67.4 Å². The van der Waals surface area contributed by atoms with E-state index in [2.05, 4.69) is 10.6 Å². The molecule has 0 saturated heterocycles. The zero-order chi connectivity index (χ0) is 21.7. The molecule has 0 aliphatic carbocycles. The lowest BCUT2D eigenvalue weighted by Gasteiger charge is -2.15. The van der Waals surface area contributed by atoms with Crippen molar-refractivity contribution < 1.29 is 14.3 Å². The molecule has 0 fully saturated rings. The van der Waals surface area contributed by atoms with E-state index in [1.807, 2.05) is 38.1 Å². The van der Waals surface area contributed by atoms with Crippen LogP contribution in [0, 0.1) is 13.8 Å². The zero-order valence-corrected chi connectivity index (χ0v) is 17.8. The maximum atomic E-state index is 12.5. The fraction of sp³-hybridized carbons (Fsp3) is 0.167. The normalized spacial score (nSPS) is 11.5. The first-order chi connectivity index (χ1) is 14.3. The molecule has 0 bridgehead atoms. The summed E-state index contributed by atoms with van der Waals surface area (Å²) in [7, 11) is 0. The summed E-state index contributed by atoms with van der Waals surface area (Å²) in [6, 6.07) is 19.5. The summed E-state index contributed by atoms with van der Waals surface area (Å²) in [6.07, 6.45) is -0.694. The number of halogens is 1. The number of ether oxygens (including phenoxy) is 1. The molecule has 0 heterocycles. The Morgan fingerprint density at radius 2 is 1.57 bits per heavy atom. The quantitative estimate of drug-likeness (QED) is 0.542. The molecule has 0 aromatic heterocycles. The van der Waals surface area contributed by atoms with Crippen LogP contribution in [-0.4, -0.2) is 17.9 Å². The van der Waals surface area contributed by atoms with E-state index >= 15 is 0 Å². The standard InChI is InChI=1S/C24H23ClN2O3/c1-15-7-11-19(12-8-15)26-23(28)17(3)30-20-13-9-18(10-14-20)24(29)27-22-6-4-5-21(25)16(22)2/h4-14,17H,1-3H3,(H,26,28)(H,27,29)/t17-/m0/s1. The van der Waals surface area contributed by atoms with Gasteiger partial charge in [-0.3, -0.25) is 9.59 Å². The van der Waals surface area contributed by atoms with Gasteiger partial charge in [0.1, 0.15) is 5.75 Å². The number of nitrogens with one attached hydrogen (secondary N) is 2. The summed E-state index contributed by atoms with van der Waals surface area (Å²) >= 11 is 6.10. The van der Waals surface area contributed by atoms with Crippen molar-refractivity contribution in [1.82, 2.24) is 0 Å². The number of amides is 2. The van der Waals surface area contributed by atoms with Crippen molar-refractivity contribution in [3.63, 3.8) is 0 Å². The van der Waals surface area contributed by atoms with E-state index in [-0.39, 0.29) is 11.8 Å². The maximum absolute atomic E-state index is 12.5. The van der Waals surface area contributed by atoms with E-state index in [4.69, 9.17) is 16.3 Å². The van der Waals surface area contributed by atoms with Gasteiger partial charge >= 0.3 is 0 Å². The molecule has 5 nitrogen and oxygen atoms in total. The molecule has 0 spiro atoms. The molecule has 3 rings (SSSR count). The zero-order valence-electron chi connectivity index (χ0n) is 17.0. The molecular formula is C24H23ClN2O3. The largest absolute Gasteiger partial charge is 0.481 e. The molecule has 0 radical (unpaired) electrons. The summed E-state index contributed by atoms with van der Waals surface area (Å²) < 4.78 is 5.70. The Kier molecular flexibility index (Phi) is 6.75. The minimum Gasteiger partial charge on any atom is -0.481 e. The summed E-state index contributed by atoms with van der Waals surface area (Å²) in [5.74, 6) is -0.00812. The molecule has 0 unspecified atom stereocenters. The molecule has 1 atom stereocenters. The van der Waals surface area contributed by atoms with Crippen molar-refractivity contribution in [1.29, 1.82) is 0 Å². The number of anilines is 2. The number of benzene rings is 3. The fourth-order valence-corrected chi connectivity index (χ4v) is 2.94.